The van der Waals surface area contributed by atoms with Crippen molar-refractivity contribution in [3.05, 3.63) is 57.8 Å². The minimum Gasteiger partial charge on any atom is -0.508 e. The van der Waals surface area contributed by atoms with E-state index in [1.807, 2.05) is 19.1 Å². The minimum atomic E-state index is 0.256. The van der Waals surface area contributed by atoms with Gasteiger partial charge in [-0.3, -0.25) is 4.98 Å². The number of fused-ring (bicyclic) bond motifs is 1. The summed E-state index contributed by atoms with van der Waals surface area (Å²) in [6.07, 6.45) is 1.79. The highest BCUT2D eigenvalue weighted by atomic mass is 127. The van der Waals surface area contributed by atoms with Crippen LogP contribution in [0.4, 0.5) is 11.4 Å². The minimum absolute atomic E-state index is 0.256. The number of phenols is 1. The molecule has 0 amide bonds. The van der Waals surface area contributed by atoms with Crippen LogP contribution in [0.2, 0.25) is 0 Å². The molecule has 0 aliphatic carbocycles. The highest BCUT2D eigenvalue weighted by Gasteiger charge is 2.05. The molecule has 3 rings (SSSR count). The summed E-state index contributed by atoms with van der Waals surface area (Å²) < 4.78 is 1.16. The summed E-state index contributed by atoms with van der Waals surface area (Å²) in [6.45, 7) is 2.01. The van der Waals surface area contributed by atoms with Crippen LogP contribution < -0.4 is 5.32 Å². The lowest BCUT2D eigenvalue weighted by Crippen LogP contribution is -1.95. The number of phenolic OH excluding ortho intramolecular Hbond substituents is 1. The summed E-state index contributed by atoms with van der Waals surface area (Å²) in [6, 6.07) is 13.4. The number of aryl methyl sites for hydroxylation is 1. The molecule has 1 heterocycles. The molecule has 0 radical (unpaired) electrons. The average Bonchev–Trinajstić information content (AvgIpc) is 2.43. The zero-order valence-electron chi connectivity index (χ0n) is 10.9. The number of halogens is 1. The van der Waals surface area contributed by atoms with Crippen LogP contribution in [0, 0.1) is 10.5 Å². The first-order chi connectivity index (χ1) is 9.63. The predicted molar refractivity (Wildman–Crippen MR) is 90.6 cm³/mol. The van der Waals surface area contributed by atoms with E-state index in [0.29, 0.717) is 0 Å². The molecule has 3 aromatic rings. The van der Waals surface area contributed by atoms with E-state index in [9.17, 15) is 5.11 Å². The maximum atomic E-state index is 9.61. The van der Waals surface area contributed by atoms with E-state index in [4.69, 9.17) is 0 Å². The first-order valence-corrected chi connectivity index (χ1v) is 7.32. The van der Waals surface area contributed by atoms with Gasteiger partial charge in [0.25, 0.3) is 0 Å². The Morgan fingerprint density at radius 2 is 1.90 bits per heavy atom. The molecule has 0 atom stereocenters. The van der Waals surface area contributed by atoms with E-state index in [-0.39, 0.29) is 5.75 Å². The number of nitrogens with one attached hydrogen (secondary N) is 1. The van der Waals surface area contributed by atoms with Crippen molar-refractivity contribution in [3.8, 4) is 5.75 Å². The molecular formula is C16H13IN2O. The summed E-state index contributed by atoms with van der Waals surface area (Å²) >= 11 is 2.28. The van der Waals surface area contributed by atoms with Gasteiger partial charge in [-0.15, -0.1) is 0 Å². The maximum Gasteiger partial charge on any atom is 0.117 e. The van der Waals surface area contributed by atoms with Crippen molar-refractivity contribution >= 4 is 44.9 Å². The zero-order valence-corrected chi connectivity index (χ0v) is 13.0. The highest BCUT2D eigenvalue weighted by Crippen LogP contribution is 2.29. The van der Waals surface area contributed by atoms with Crippen LogP contribution in [0.25, 0.3) is 10.9 Å². The van der Waals surface area contributed by atoms with Crippen LogP contribution in [0.1, 0.15) is 5.56 Å². The molecule has 0 saturated carbocycles. The van der Waals surface area contributed by atoms with Gasteiger partial charge in [0.2, 0.25) is 0 Å². The molecule has 3 nitrogen and oxygen atoms in total. The molecule has 0 saturated heterocycles. The molecule has 2 N–H and O–H groups in total. The number of pyridine rings is 1. The summed E-state index contributed by atoms with van der Waals surface area (Å²) in [5.41, 5.74) is 3.93. The second-order valence-electron chi connectivity index (χ2n) is 4.64. The Balaban J connectivity index is 2.09. The molecule has 0 fully saturated rings. The average molecular weight is 376 g/mol. The molecule has 20 heavy (non-hydrogen) atoms. The van der Waals surface area contributed by atoms with Gasteiger partial charge in [-0.25, -0.2) is 0 Å². The van der Waals surface area contributed by atoms with E-state index in [0.717, 1.165) is 31.4 Å². The number of hydrogen-bond donors (Lipinski definition) is 2. The monoisotopic (exact) mass is 376 g/mol. The third-order valence-electron chi connectivity index (χ3n) is 3.20. The Labute approximate surface area is 130 Å². The number of anilines is 2. The van der Waals surface area contributed by atoms with Gasteiger partial charge in [0.05, 0.1) is 5.52 Å². The van der Waals surface area contributed by atoms with Crippen LogP contribution in [-0.4, -0.2) is 10.1 Å². The van der Waals surface area contributed by atoms with Gasteiger partial charge in [-0.2, -0.15) is 0 Å². The van der Waals surface area contributed by atoms with Gasteiger partial charge < -0.3 is 10.4 Å². The normalized spacial score (nSPS) is 10.7. The SMILES string of the molecule is Cc1ccc(O)cc1Nc1ccnc2cc(I)ccc12. The summed E-state index contributed by atoms with van der Waals surface area (Å²) in [5.74, 6) is 0.256. The van der Waals surface area contributed by atoms with Gasteiger partial charge in [0.1, 0.15) is 5.75 Å². The molecular weight excluding hydrogens is 363 g/mol. The second kappa shape index (κ2) is 5.28. The highest BCUT2D eigenvalue weighted by molar-refractivity contribution is 14.1. The van der Waals surface area contributed by atoms with Gasteiger partial charge in [-0.05, 0) is 65.4 Å². The Bertz CT molecular complexity index is 787. The lowest BCUT2D eigenvalue weighted by Gasteiger charge is -2.12. The topological polar surface area (TPSA) is 45.1 Å². The predicted octanol–water partition coefficient (Wildman–Crippen LogP) is 4.60. The zero-order chi connectivity index (χ0) is 14.1. The third-order valence-corrected chi connectivity index (χ3v) is 3.87. The Hall–Kier alpha value is -1.82. The Kier molecular flexibility index (Phi) is 3.48. The van der Waals surface area contributed by atoms with Crippen molar-refractivity contribution in [1.29, 1.82) is 0 Å². The number of hydrogen-bond acceptors (Lipinski definition) is 3. The van der Waals surface area contributed by atoms with Crippen LogP contribution in [0.15, 0.2) is 48.7 Å². The van der Waals surface area contributed by atoms with Crippen LogP contribution in [0.3, 0.4) is 0 Å². The van der Waals surface area contributed by atoms with Crippen molar-refractivity contribution in [2.45, 2.75) is 6.92 Å². The van der Waals surface area contributed by atoms with E-state index < -0.39 is 0 Å². The largest absolute Gasteiger partial charge is 0.508 e. The summed E-state index contributed by atoms with van der Waals surface area (Å²) in [4.78, 5) is 4.39. The molecule has 0 unspecified atom stereocenters. The van der Waals surface area contributed by atoms with Crippen molar-refractivity contribution in [2.75, 3.05) is 5.32 Å². The standard InChI is InChI=1S/C16H13IN2O/c1-10-2-4-12(20)9-15(10)19-14-6-7-18-16-8-11(17)3-5-13(14)16/h2-9,20H,1H3,(H,18,19). The van der Waals surface area contributed by atoms with E-state index in [1.165, 1.54) is 0 Å². The fourth-order valence-electron chi connectivity index (χ4n) is 2.12. The lowest BCUT2D eigenvalue weighted by molar-refractivity contribution is 0.475. The first kappa shape index (κ1) is 13.2. The van der Waals surface area contributed by atoms with Crippen LogP contribution >= 0.6 is 22.6 Å². The second-order valence-corrected chi connectivity index (χ2v) is 5.89. The third kappa shape index (κ3) is 2.56. The van der Waals surface area contributed by atoms with Crippen molar-refractivity contribution < 1.29 is 5.11 Å². The quantitative estimate of drug-likeness (QED) is 0.643. The molecule has 100 valence electrons. The fraction of sp³-hybridized carbons (Fsp3) is 0.0625. The molecule has 4 heteroatoms. The van der Waals surface area contributed by atoms with Gasteiger partial charge in [0.15, 0.2) is 0 Å². The lowest BCUT2D eigenvalue weighted by atomic mass is 10.1. The molecule has 0 aliphatic rings. The van der Waals surface area contributed by atoms with Crippen molar-refractivity contribution in [3.63, 3.8) is 0 Å². The van der Waals surface area contributed by atoms with E-state index >= 15 is 0 Å². The summed E-state index contributed by atoms with van der Waals surface area (Å²) in [7, 11) is 0. The van der Waals surface area contributed by atoms with Gasteiger partial charge >= 0.3 is 0 Å². The van der Waals surface area contributed by atoms with Crippen molar-refractivity contribution in [2.24, 2.45) is 0 Å². The van der Waals surface area contributed by atoms with Crippen molar-refractivity contribution in [1.82, 2.24) is 4.98 Å². The molecule has 0 bridgehead atoms. The number of aromatic hydroxyl groups is 1. The molecule has 1 aromatic heterocycles. The molecule has 0 aliphatic heterocycles. The van der Waals surface area contributed by atoms with Crippen LogP contribution in [0.5, 0.6) is 5.75 Å². The maximum absolute atomic E-state index is 9.61. The fourth-order valence-corrected chi connectivity index (χ4v) is 2.59. The molecule has 0 spiro atoms. The van der Waals surface area contributed by atoms with Crippen LogP contribution in [-0.2, 0) is 0 Å². The Morgan fingerprint density at radius 3 is 2.75 bits per heavy atom. The number of aromatic nitrogens is 1. The van der Waals surface area contributed by atoms with E-state index in [1.54, 1.807) is 18.3 Å². The van der Waals surface area contributed by atoms with Gasteiger partial charge in [0, 0.05) is 32.6 Å². The number of rotatable bonds is 2. The number of benzene rings is 2. The number of nitrogens with zero attached hydrogens (tertiary/aromatic N) is 1. The first-order valence-electron chi connectivity index (χ1n) is 6.24. The van der Waals surface area contributed by atoms with E-state index in [2.05, 4.69) is 51.1 Å². The van der Waals surface area contributed by atoms with Gasteiger partial charge in [-0.1, -0.05) is 6.07 Å². The smallest absolute Gasteiger partial charge is 0.117 e. The molecule has 2 aromatic carbocycles. The summed E-state index contributed by atoms with van der Waals surface area (Å²) in [5, 5.41) is 14.1. The Morgan fingerprint density at radius 1 is 1.05 bits per heavy atom.